The summed E-state index contributed by atoms with van der Waals surface area (Å²) in [5.41, 5.74) is 3.53. The molecule has 3 rings (SSSR count). The molecule has 0 radical (unpaired) electrons. The van der Waals surface area contributed by atoms with Crippen LogP contribution in [0.5, 0.6) is 0 Å². The second-order valence-corrected chi connectivity index (χ2v) is 10.4. The van der Waals surface area contributed by atoms with Crippen molar-refractivity contribution >= 4 is 27.3 Å². The van der Waals surface area contributed by atoms with E-state index in [1.54, 1.807) is 17.5 Å². The van der Waals surface area contributed by atoms with Crippen LogP contribution in [0.1, 0.15) is 29.7 Å². The summed E-state index contributed by atoms with van der Waals surface area (Å²) in [5, 5.41) is 4.81. The van der Waals surface area contributed by atoms with Crippen molar-refractivity contribution in [3.8, 4) is 0 Å². The van der Waals surface area contributed by atoms with Crippen LogP contribution in [0.15, 0.2) is 39.9 Å². The van der Waals surface area contributed by atoms with Gasteiger partial charge in [0.2, 0.25) is 5.91 Å². The van der Waals surface area contributed by atoms with Gasteiger partial charge in [-0.05, 0) is 48.9 Å². The number of hydrogen-bond donors (Lipinski definition) is 1. The van der Waals surface area contributed by atoms with Gasteiger partial charge in [-0.2, -0.15) is 4.31 Å². The Kier molecular flexibility index (Phi) is 6.54. The smallest absolute Gasteiger partial charge is 0.252 e. The van der Waals surface area contributed by atoms with Crippen LogP contribution in [0.25, 0.3) is 0 Å². The lowest BCUT2D eigenvalue weighted by Crippen LogP contribution is -2.51. The summed E-state index contributed by atoms with van der Waals surface area (Å²) >= 11 is 1.23. The van der Waals surface area contributed by atoms with Gasteiger partial charge in [-0.1, -0.05) is 24.3 Å². The zero-order chi connectivity index (χ0) is 20.3. The monoisotopic (exact) mass is 421 g/mol. The summed E-state index contributed by atoms with van der Waals surface area (Å²) in [6, 6.07) is 9.53. The molecule has 0 saturated carbocycles. The van der Waals surface area contributed by atoms with Gasteiger partial charge in [-0.15, -0.1) is 11.3 Å². The molecule has 8 heteroatoms. The minimum Gasteiger partial charge on any atom is -0.348 e. The van der Waals surface area contributed by atoms with Crippen LogP contribution >= 0.6 is 11.3 Å². The van der Waals surface area contributed by atoms with Crippen molar-refractivity contribution in [1.29, 1.82) is 0 Å². The van der Waals surface area contributed by atoms with Gasteiger partial charge >= 0.3 is 0 Å². The molecular formula is C20H27N3O3S2. The Morgan fingerprint density at radius 2 is 1.86 bits per heavy atom. The Morgan fingerprint density at radius 1 is 1.14 bits per heavy atom. The first kappa shape index (κ1) is 21.0. The van der Waals surface area contributed by atoms with Crippen LogP contribution in [0, 0.1) is 13.8 Å². The number of hydrogen-bond acceptors (Lipinski definition) is 5. The zero-order valence-electron chi connectivity index (χ0n) is 16.5. The molecule has 1 aliphatic rings. The Hall–Kier alpha value is -1.74. The van der Waals surface area contributed by atoms with Gasteiger partial charge in [0.1, 0.15) is 4.21 Å². The van der Waals surface area contributed by atoms with E-state index in [2.05, 4.69) is 31.3 Å². The molecule has 1 atom stereocenters. The minimum atomic E-state index is -3.41. The van der Waals surface area contributed by atoms with E-state index in [-0.39, 0.29) is 18.5 Å². The van der Waals surface area contributed by atoms with E-state index in [1.807, 2.05) is 17.9 Å². The summed E-state index contributed by atoms with van der Waals surface area (Å²) in [4.78, 5) is 14.4. The van der Waals surface area contributed by atoms with Crippen molar-refractivity contribution in [2.24, 2.45) is 0 Å². The third-order valence-electron chi connectivity index (χ3n) is 5.20. The largest absolute Gasteiger partial charge is 0.348 e. The molecule has 1 aliphatic heterocycles. The second-order valence-electron chi connectivity index (χ2n) is 7.25. The Balaban J connectivity index is 1.50. The first-order valence-corrected chi connectivity index (χ1v) is 11.7. The number of benzene rings is 1. The van der Waals surface area contributed by atoms with E-state index < -0.39 is 10.0 Å². The van der Waals surface area contributed by atoms with E-state index in [1.165, 1.54) is 26.8 Å². The number of carbonyl (C=O) groups is 1. The van der Waals surface area contributed by atoms with Crippen LogP contribution in [0.2, 0.25) is 0 Å². The van der Waals surface area contributed by atoms with Crippen LogP contribution in [0.3, 0.4) is 0 Å². The van der Waals surface area contributed by atoms with Crippen LogP contribution in [-0.2, 0) is 14.8 Å². The molecule has 28 heavy (non-hydrogen) atoms. The molecule has 1 fully saturated rings. The molecule has 0 aliphatic carbocycles. The quantitative estimate of drug-likeness (QED) is 0.778. The maximum atomic E-state index is 12.6. The highest BCUT2D eigenvalue weighted by molar-refractivity contribution is 7.91. The molecule has 1 saturated heterocycles. The predicted molar refractivity (Wildman–Crippen MR) is 112 cm³/mol. The molecule has 0 bridgehead atoms. The normalized spacial score (nSPS) is 17.4. The number of nitrogens with one attached hydrogen (secondary N) is 1. The summed E-state index contributed by atoms with van der Waals surface area (Å²) in [6.45, 7) is 8.31. The average Bonchev–Trinajstić information content (AvgIpc) is 3.20. The molecule has 1 aromatic carbocycles. The third kappa shape index (κ3) is 4.81. The Labute approximate surface area is 171 Å². The fourth-order valence-electron chi connectivity index (χ4n) is 3.27. The molecule has 2 heterocycles. The molecule has 152 valence electrons. The van der Waals surface area contributed by atoms with E-state index in [4.69, 9.17) is 0 Å². The number of piperazine rings is 1. The summed E-state index contributed by atoms with van der Waals surface area (Å²) in [5.74, 6) is -0.0414. The Morgan fingerprint density at radius 3 is 2.46 bits per heavy atom. The number of amides is 1. The minimum absolute atomic E-state index is 0.0414. The summed E-state index contributed by atoms with van der Waals surface area (Å²) < 4.78 is 27.0. The number of nitrogens with zero attached hydrogens (tertiary/aromatic N) is 2. The maximum Gasteiger partial charge on any atom is 0.252 e. The lowest BCUT2D eigenvalue weighted by atomic mass is 10.0. The van der Waals surface area contributed by atoms with Gasteiger partial charge in [0.05, 0.1) is 12.6 Å². The highest BCUT2D eigenvalue weighted by atomic mass is 32.2. The highest BCUT2D eigenvalue weighted by Gasteiger charge is 2.29. The topological polar surface area (TPSA) is 69.7 Å². The SMILES string of the molecule is Cc1ccc([C@H](C)NC(=O)CN2CCN(S(=O)(=O)c3cccs3)CC2)cc1C. The molecule has 1 aromatic heterocycles. The Bertz CT molecular complexity index is 918. The predicted octanol–water partition coefficient (Wildman–Crippen LogP) is 2.55. The van der Waals surface area contributed by atoms with Gasteiger partial charge in [0.25, 0.3) is 10.0 Å². The number of carbonyl (C=O) groups excluding carboxylic acids is 1. The van der Waals surface area contributed by atoms with Crippen molar-refractivity contribution in [3.63, 3.8) is 0 Å². The fourth-order valence-corrected chi connectivity index (χ4v) is 5.84. The molecule has 0 unspecified atom stereocenters. The fraction of sp³-hybridized carbons (Fsp3) is 0.450. The first-order chi connectivity index (χ1) is 13.3. The molecule has 1 N–H and O–H groups in total. The maximum absolute atomic E-state index is 12.6. The van der Waals surface area contributed by atoms with Crippen molar-refractivity contribution in [2.45, 2.75) is 31.0 Å². The third-order valence-corrected chi connectivity index (χ3v) is 8.47. The molecule has 0 spiro atoms. The van der Waals surface area contributed by atoms with Crippen molar-refractivity contribution in [2.75, 3.05) is 32.7 Å². The lowest BCUT2D eigenvalue weighted by molar-refractivity contribution is -0.123. The van der Waals surface area contributed by atoms with Crippen molar-refractivity contribution < 1.29 is 13.2 Å². The standard InChI is InChI=1S/C20H27N3O3S2/c1-15-6-7-18(13-16(15)2)17(3)21-19(24)14-22-8-10-23(11-9-22)28(25,26)20-5-4-12-27-20/h4-7,12-13,17H,8-11,14H2,1-3H3,(H,21,24)/t17-/m0/s1. The van der Waals surface area contributed by atoms with Gasteiger partial charge in [-0.3, -0.25) is 9.69 Å². The molecule has 2 aromatic rings. The van der Waals surface area contributed by atoms with Gasteiger partial charge in [-0.25, -0.2) is 8.42 Å². The van der Waals surface area contributed by atoms with Crippen LogP contribution in [-0.4, -0.2) is 56.3 Å². The zero-order valence-corrected chi connectivity index (χ0v) is 18.1. The lowest BCUT2D eigenvalue weighted by Gasteiger charge is -2.33. The summed E-state index contributed by atoms with van der Waals surface area (Å²) in [7, 11) is -3.41. The van der Waals surface area contributed by atoms with Crippen molar-refractivity contribution in [1.82, 2.24) is 14.5 Å². The van der Waals surface area contributed by atoms with E-state index in [9.17, 15) is 13.2 Å². The molecule has 6 nitrogen and oxygen atoms in total. The van der Waals surface area contributed by atoms with E-state index in [0.717, 1.165) is 5.56 Å². The molecular weight excluding hydrogens is 394 g/mol. The summed E-state index contributed by atoms with van der Waals surface area (Å²) in [6.07, 6.45) is 0. The molecule has 1 amide bonds. The average molecular weight is 422 g/mol. The van der Waals surface area contributed by atoms with Gasteiger partial charge in [0, 0.05) is 26.2 Å². The number of thiophene rings is 1. The number of rotatable bonds is 6. The highest BCUT2D eigenvalue weighted by Crippen LogP contribution is 2.22. The number of aryl methyl sites for hydroxylation is 2. The van der Waals surface area contributed by atoms with Crippen LogP contribution in [0.4, 0.5) is 0 Å². The first-order valence-electron chi connectivity index (χ1n) is 9.40. The van der Waals surface area contributed by atoms with Gasteiger partial charge in [0.15, 0.2) is 0 Å². The van der Waals surface area contributed by atoms with E-state index >= 15 is 0 Å². The van der Waals surface area contributed by atoms with E-state index in [0.29, 0.717) is 30.4 Å². The van der Waals surface area contributed by atoms with Crippen molar-refractivity contribution in [3.05, 3.63) is 52.4 Å². The van der Waals surface area contributed by atoms with Crippen LogP contribution < -0.4 is 5.32 Å². The second kappa shape index (κ2) is 8.73. The number of sulfonamides is 1. The van der Waals surface area contributed by atoms with Gasteiger partial charge < -0.3 is 5.32 Å².